The Labute approximate surface area is 249 Å². The third kappa shape index (κ3) is 9.66. The number of hydrogen-bond acceptors (Lipinski definition) is 7. The van der Waals surface area contributed by atoms with E-state index >= 15 is 0 Å². The molecule has 9 heteroatoms. The minimum Gasteiger partial charge on any atom is -0.490 e. The molecule has 0 saturated heterocycles. The van der Waals surface area contributed by atoms with Gasteiger partial charge in [-0.3, -0.25) is 4.79 Å². The number of amides is 1. The molecule has 0 aliphatic heterocycles. The lowest BCUT2D eigenvalue weighted by molar-refractivity contribution is 0.0969. The van der Waals surface area contributed by atoms with Crippen LogP contribution in [0.3, 0.4) is 0 Å². The smallest absolute Gasteiger partial charge is 0.268 e. The van der Waals surface area contributed by atoms with Crippen LogP contribution < -0.4 is 14.8 Å². The van der Waals surface area contributed by atoms with Gasteiger partial charge in [0.1, 0.15) is 5.75 Å². The van der Waals surface area contributed by atoms with Crippen molar-refractivity contribution in [3.05, 3.63) is 89.5 Å². The number of rotatable bonds is 15. The molecular formula is C33H42N2O6S. The molecule has 3 aromatic carbocycles. The molecule has 8 nitrogen and oxygen atoms in total. The highest BCUT2D eigenvalue weighted by Gasteiger charge is 2.23. The summed E-state index contributed by atoms with van der Waals surface area (Å²) in [5.74, 6) is -0.683. The Bertz CT molecular complexity index is 1370. The first-order chi connectivity index (χ1) is 20.3. The van der Waals surface area contributed by atoms with Crippen LogP contribution in [-0.4, -0.2) is 56.1 Å². The van der Waals surface area contributed by atoms with E-state index in [1.54, 1.807) is 12.1 Å². The molecule has 0 heterocycles. The van der Waals surface area contributed by atoms with Crippen molar-refractivity contribution in [3.63, 3.8) is 0 Å². The van der Waals surface area contributed by atoms with Gasteiger partial charge in [-0.25, -0.2) is 13.1 Å². The van der Waals surface area contributed by atoms with E-state index in [-0.39, 0.29) is 30.4 Å². The maximum Gasteiger partial charge on any atom is 0.268 e. The number of ether oxygens (including phenoxy) is 1. The predicted octanol–water partition coefficient (Wildman–Crippen LogP) is 4.76. The quantitative estimate of drug-likeness (QED) is 0.187. The number of hydrogen-bond donors (Lipinski definition) is 4. The molecule has 226 valence electrons. The van der Waals surface area contributed by atoms with Gasteiger partial charge in [0.25, 0.3) is 5.91 Å². The molecule has 4 rings (SSSR count). The molecule has 0 radical (unpaired) electrons. The molecular weight excluding hydrogens is 552 g/mol. The number of aliphatic hydroxyl groups excluding tert-OH is 2. The van der Waals surface area contributed by atoms with Gasteiger partial charge in [-0.15, -0.1) is 0 Å². The summed E-state index contributed by atoms with van der Waals surface area (Å²) < 4.78 is 33.0. The molecule has 1 aliphatic carbocycles. The summed E-state index contributed by atoms with van der Waals surface area (Å²) in [5, 5.41) is 22.6. The molecule has 0 aromatic heterocycles. The average Bonchev–Trinajstić information content (AvgIpc) is 3.01. The lowest BCUT2D eigenvalue weighted by Gasteiger charge is -2.24. The minimum absolute atomic E-state index is 0.0173. The zero-order chi connectivity index (χ0) is 29.8. The number of benzene rings is 3. The highest BCUT2D eigenvalue weighted by molar-refractivity contribution is 7.90. The van der Waals surface area contributed by atoms with Gasteiger partial charge < -0.3 is 20.3 Å². The molecule has 0 unspecified atom stereocenters. The van der Waals surface area contributed by atoms with Gasteiger partial charge >= 0.3 is 0 Å². The number of nitrogens with one attached hydrogen (secondary N) is 2. The van der Waals surface area contributed by atoms with Crippen molar-refractivity contribution in [3.8, 4) is 16.9 Å². The summed E-state index contributed by atoms with van der Waals surface area (Å²) in [6, 6.07) is 23.1. The first-order valence-corrected chi connectivity index (χ1v) is 16.5. The number of aryl methyl sites for hydroxylation is 1. The molecule has 3 aromatic rings. The molecule has 1 saturated carbocycles. The van der Waals surface area contributed by atoms with Gasteiger partial charge in [-0.1, -0.05) is 67.1 Å². The van der Waals surface area contributed by atoms with Crippen LogP contribution >= 0.6 is 0 Å². The number of carbonyl (C=O) groups excluding carboxylic acids is 1. The Morgan fingerprint density at radius 2 is 1.64 bits per heavy atom. The van der Waals surface area contributed by atoms with E-state index in [1.807, 2.05) is 48.5 Å². The Kier molecular flexibility index (Phi) is 12.0. The molecule has 0 spiro atoms. The summed E-state index contributed by atoms with van der Waals surface area (Å²) in [5.41, 5.74) is 4.14. The van der Waals surface area contributed by atoms with E-state index in [1.165, 1.54) is 5.56 Å². The van der Waals surface area contributed by atoms with Gasteiger partial charge in [0.2, 0.25) is 10.0 Å². The third-order valence-corrected chi connectivity index (χ3v) is 8.84. The fourth-order valence-electron chi connectivity index (χ4n) is 5.16. The maximum absolute atomic E-state index is 13.0. The van der Waals surface area contributed by atoms with Crippen LogP contribution in [0.4, 0.5) is 0 Å². The van der Waals surface area contributed by atoms with Gasteiger partial charge in [0.15, 0.2) is 0 Å². The monoisotopic (exact) mass is 594 g/mol. The first-order valence-electron chi connectivity index (χ1n) is 14.8. The van der Waals surface area contributed by atoms with Gasteiger partial charge in [-0.05, 0) is 85.9 Å². The van der Waals surface area contributed by atoms with Gasteiger partial charge in [0, 0.05) is 13.2 Å². The van der Waals surface area contributed by atoms with E-state index in [2.05, 4.69) is 22.2 Å². The van der Waals surface area contributed by atoms with Crippen molar-refractivity contribution in [1.82, 2.24) is 10.0 Å². The lowest BCUT2D eigenvalue weighted by atomic mass is 9.97. The summed E-state index contributed by atoms with van der Waals surface area (Å²) >= 11 is 0. The number of carbonyl (C=O) groups is 1. The summed E-state index contributed by atoms with van der Waals surface area (Å²) in [7, 11) is -3.87. The first kappa shape index (κ1) is 31.7. The third-order valence-electron chi connectivity index (χ3n) is 7.52. The molecule has 1 fully saturated rings. The summed E-state index contributed by atoms with van der Waals surface area (Å²) in [6.45, 7) is 1.04. The van der Waals surface area contributed by atoms with Crippen molar-refractivity contribution >= 4 is 15.9 Å². The second-order valence-corrected chi connectivity index (χ2v) is 12.7. The Balaban J connectivity index is 1.38. The van der Waals surface area contributed by atoms with Crippen LogP contribution in [0.5, 0.6) is 5.75 Å². The topological polar surface area (TPSA) is 125 Å². The van der Waals surface area contributed by atoms with Crippen LogP contribution in [-0.2, 0) is 16.4 Å². The van der Waals surface area contributed by atoms with Crippen LogP contribution in [0.1, 0.15) is 72.5 Å². The second kappa shape index (κ2) is 15.8. The Morgan fingerprint density at radius 1 is 0.929 bits per heavy atom. The number of sulfonamides is 1. The van der Waals surface area contributed by atoms with E-state index in [9.17, 15) is 18.3 Å². The van der Waals surface area contributed by atoms with Crippen LogP contribution in [0.25, 0.3) is 11.1 Å². The zero-order valence-corrected chi connectivity index (χ0v) is 24.8. The Morgan fingerprint density at radius 3 is 2.36 bits per heavy atom. The molecule has 0 bridgehead atoms. The zero-order valence-electron chi connectivity index (χ0n) is 24.0. The van der Waals surface area contributed by atoms with Crippen LogP contribution in [0.2, 0.25) is 0 Å². The van der Waals surface area contributed by atoms with Crippen LogP contribution in [0, 0.1) is 0 Å². The summed E-state index contributed by atoms with van der Waals surface area (Å²) in [4.78, 5) is 13.0. The van der Waals surface area contributed by atoms with E-state index in [0.717, 1.165) is 68.2 Å². The highest BCUT2D eigenvalue weighted by Crippen LogP contribution is 2.31. The van der Waals surface area contributed by atoms with Crippen molar-refractivity contribution < 1.29 is 28.2 Å². The summed E-state index contributed by atoms with van der Waals surface area (Å²) in [6.07, 6.45) is 6.43. The van der Waals surface area contributed by atoms with Crippen molar-refractivity contribution in [2.24, 2.45) is 0 Å². The maximum atomic E-state index is 13.0. The lowest BCUT2D eigenvalue weighted by Crippen LogP contribution is -2.33. The standard InChI is InChI=1S/C33H42N2O6S/c36-21-8-22-42(39,40)35-33(38)30-19-18-28(23-32(30)41-29-12-5-2-6-13-29)26-16-14-25(15-17-26)9-7-20-34-24-31(37)27-10-3-1-4-11-27/h1,3-4,10-11,14-19,23,29,31,34,36-37H,2,5-9,12-13,20-22,24H2,(H,35,38)/t31-/m1/s1. The second-order valence-electron chi connectivity index (χ2n) is 10.8. The predicted molar refractivity (Wildman–Crippen MR) is 165 cm³/mol. The number of aliphatic hydroxyl groups is 2. The van der Waals surface area contributed by atoms with E-state index in [4.69, 9.17) is 9.84 Å². The van der Waals surface area contributed by atoms with Crippen molar-refractivity contribution in [2.45, 2.75) is 63.6 Å². The van der Waals surface area contributed by atoms with E-state index in [0.29, 0.717) is 12.3 Å². The minimum atomic E-state index is -3.87. The molecule has 42 heavy (non-hydrogen) atoms. The fourth-order valence-corrected chi connectivity index (χ4v) is 6.17. The highest BCUT2D eigenvalue weighted by atomic mass is 32.2. The largest absolute Gasteiger partial charge is 0.490 e. The molecule has 1 aliphatic rings. The Hall–Kier alpha value is -3.24. The molecule has 1 atom stereocenters. The van der Waals surface area contributed by atoms with Gasteiger partial charge in [-0.2, -0.15) is 0 Å². The molecule has 1 amide bonds. The average molecular weight is 595 g/mol. The van der Waals surface area contributed by atoms with Crippen molar-refractivity contribution in [2.75, 3.05) is 25.4 Å². The fraction of sp³-hybridized carbons (Fsp3) is 0.424. The van der Waals surface area contributed by atoms with E-state index < -0.39 is 22.0 Å². The SMILES string of the molecule is O=C(NS(=O)(=O)CCCO)c1ccc(-c2ccc(CCCNC[C@@H](O)c3ccccc3)cc2)cc1OC1CCCCC1. The molecule has 4 N–H and O–H groups in total. The van der Waals surface area contributed by atoms with Crippen molar-refractivity contribution in [1.29, 1.82) is 0 Å². The van der Waals surface area contributed by atoms with Gasteiger partial charge in [0.05, 0.1) is 23.5 Å². The normalized spacial score (nSPS) is 14.8. The van der Waals surface area contributed by atoms with Crippen LogP contribution in [0.15, 0.2) is 72.8 Å².